The van der Waals surface area contributed by atoms with Gasteiger partial charge in [0.25, 0.3) is 0 Å². The van der Waals surface area contributed by atoms with Gasteiger partial charge in [-0.3, -0.25) is 4.84 Å². The smallest absolute Gasteiger partial charge is 0.168 e. The van der Waals surface area contributed by atoms with Gasteiger partial charge >= 0.3 is 0 Å². The Morgan fingerprint density at radius 3 is 2.67 bits per heavy atom. The molecule has 0 spiro atoms. The van der Waals surface area contributed by atoms with Gasteiger partial charge in [-0.25, -0.2) is 14.7 Å². The van der Waals surface area contributed by atoms with Crippen LogP contribution in [-0.2, 0) is 11.4 Å². The molecular formula is C7H7F2NO2. The summed E-state index contributed by atoms with van der Waals surface area (Å²) in [6, 6.07) is 1.86. The Bertz CT molecular complexity index is 291. The van der Waals surface area contributed by atoms with E-state index in [1.54, 1.807) is 0 Å². The quantitative estimate of drug-likeness (QED) is 0.661. The molecular weight excluding hydrogens is 168 g/mol. The van der Waals surface area contributed by atoms with Crippen molar-refractivity contribution in [3.8, 4) is 5.75 Å². The third-order valence-corrected chi connectivity index (χ3v) is 1.40. The first-order chi connectivity index (χ1) is 5.66. The zero-order valence-corrected chi connectivity index (χ0v) is 6.05. The van der Waals surface area contributed by atoms with Crippen LogP contribution in [0.4, 0.5) is 8.78 Å². The molecule has 0 fully saturated rings. The molecule has 0 saturated carbocycles. The average Bonchev–Trinajstić information content (AvgIpc) is 2.06. The summed E-state index contributed by atoms with van der Waals surface area (Å²) in [6.45, 7) is -0.366. The van der Waals surface area contributed by atoms with Crippen LogP contribution in [0.1, 0.15) is 5.56 Å². The van der Waals surface area contributed by atoms with E-state index in [9.17, 15) is 8.78 Å². The van der Waals surface area contributed by atoms with E-state index in [0.29, 0.717) is 0 Å². The number of rotatable bonds is 2. The van der Waals surface area contributed by atoms with Crippen LogP contribution >= 0.6 is 0 Å². The molecule has 0 aliphatic carbocycles. The largest absolute Gasteiger partial charge is 0.507 e. The summed E-state index contributed by atoms with van der Waals surface area (Å²) in [5.74, 6) is 2.09. The summed E-state index contributed by atoms with van der Waals surface area (Å²) < 4.78 is 25.3. The van der Waals surface area contributed by atoms with Crippen molar-refractivity contribution in [1.82, 2.24) is 0 Å². The third kappa shape index (κ3) is 1.51. The van der Waals surface area contributed by atoms with Crippen molar-refractivity contribution in [2.45, 2.75) is 6.61 Å². The van der Waals surface area contributed by atoms with Gasteiger partial charge in [0.15, 0.2) is 11.6 Å². The van der Waals surface area contributed by atoms with Gasteiger partial charge in [0.1, 0.15) is 5.75 Å². The summed E-state index contributed by atoms with van der Waals surface area (Å²) >= 11 is 0. The van der Waals surface area contributed by atoms with Crippen LogP contribution < -0.4 is 5.90 Å². The topological polar surface area (TPSA) is 55.5 Å². The first kappa shape index (κ1) is 8.89. The summed E-state index contributed by atoms with van der Waals surface area (Å²) in [4.78, 5) is 4.08. The van der Waals surface area contributed by atoms with Crippen LogP contribution in [0.2, 0.25) is 0 Å². The molecule has 0 unspecified atom stereocenters. The number of halogens is 2. The molecule has 0 bridgehead atoms. The lowest BCUT2D eigenvalue weighted by atomic mass is 10.2. The zero-order valence-electron chi connectivity index (χ0n) is 6.05. The molecule has 12 heavy (non-hydrogen) atoms. The van der Waals surface area contributed by atoms with Crippen molar-refractivity contribution in [2.24, 2.45) is 5.90 Å². The SMILES string of the molecule is NOCc1c(O)ccc(F)c1F. The lowest BCUT2D eigenvalue weighted by Crippen LogP contribution is -2.02. The van der Waals surface area contributed by atoms with Crippen LogP contribution in [0.3, 0.4) is 0 Å². The lowest BCUT2D eigenvalue weighted by molar-refractivity contribution is 0.119. The fourth-order valence-electron chi connectivity index (χ4n) is 0.803. The molecule has 0 saturated heterocycles. The van der Waals surface area contributed by atoms with Crippen LogP contribution in [-0.4, -0.2) is 5.11 Å². The monoisotopic (exact) mass is 175 g/mol. The maximum absolute atomic E-state index is 12.8. The molecule has 1 aromatic rings. The summed E-state index contributed by atoms with van der Waals surface area (Å²) in [5, 5.41) is 9.00. The highest BCUT2D eigenvalue weighted by atomic mass is 19.2. The highest BCUT2D eigenvalue weighted by Gasteiger charge is 2.12. The Kier molecular flexibility index (Phi) is 2.57. The lowest BCUT2D eigenvalue weighted by Gasteiger charge is -2.04. The molecule has 0 heterocycles. The molecule has 3 nitrogen and oxygen atoms in total. The van der Waals surface area contributed by atoms with E-state index >= 15 is 0 Å². The highest BCUT2D eigenvalue weighted by Crippen LogP contribution is 2.22. The molecule has 0 aliphatic heterocycles. The van der Waals surface area contributed by atoms with Crippen molar-refractivity contribution in [3.05, 3.63) is 29.3 Å². The molecule has 0 atom stereocenters. The fourth-order valence-corrected chi connectivity index (χ4v) is 0.803. The normalized spacial score (nSPS) is 10.2. The van der Waals surface area contributed by atoms with Gasteiger partial charge in [-0.1, -0.05) is 0 Å². The number of benzene rings is 1. The minimum absolute atomic E-state index is 0.280. The molecule has 5 heteroatoms. The van der Waals surface area contributed by atoms with E-state index < -0.39 is 11.6 Å². The standard InChI is InChI=1S/C7H7F2NO2/c8-5-1-2-6(11)4(3-12-10)7(5)9/h1-2,11H,3,10H2. The molecule has 3 N–H and O–H groups in total. The second-order valence-electron chi connectivity index (χ2n) is 2.17. The van der Waals surface area contributed by atoms with Gasteiger partial charge in [0.05, 0.1) is 12.2 Å². The second kappa shape index (κ2) is 3.46. The zero-order chi connectivity index (χ0) is 9.14. The van der Waals surface area contributed by atoms with Gasteiger partial charge in [-0.2, -0.15) is 0 Å². The predicted molar refractivity (Wildman–Crippen MR) is 37.0 cm³/mol. The van der Waals surface area contributed by atoms with Crippen LogP contribution in [0.25, 0.3) is 0 Å². The van der Waals surface area contributed by atoms with Gasteiger partial charge in [0, 0.05) is 0 Å². The van der Waals surface area contributed by atoms with Crippen molar-refractivity contribution in [1.29, 1.82) is 0 Å². The first-order valence-corrected chi connectivity index (χ1v) is 3.14. The summed E-state index contributed by atoms with van der Waals surface area (Å²) in [7, 11) is 0. The molecule has 1 rings (SSSR count). The van der Waals surface area contributed by atoms with Gasteiger partial charge < -0.3 is 5.11 Å². The number of phenols is 1. The van der Waals surface area contributed by atoms with Gasteiger partial charge in [-0.15, -0.1) is 0 Å². The van der Waals surface area contributed by atoms with E-state index in [0.717, 1.165) is 12.1 Å². The average molecular weight is 175 g/mol. The molecule has 0 aromatic heterocycles. The molecule has 66 valence electrons. The summed E-state index contributed by atoms with van der Waals surface area (Å²) in [5.41, 5.74) is -0.280. The maximum atomic E-state index is 12.8. The van der Waals surface area contributed by atoms with E-state index in [1.165, 1.54) is 0 Å². The molecule has 0 aliphatic rings. The van der Waals surface area contributed by atoms with Gasteiger partial charge in [-0.05, 0) is 12.1 Å². The van der Waals surface area contributed by atoms with Crippen LogP contribution in [0.5, 0.6) is 5.75 Å². The van der Waals surface area contributed by atoms with Crippen molar-refractivity contribution in [2.75, 3.05) is 0 Å². The van der Waals surface area contributed by atoms with Crippen LogP contribution in [0.15, 0.2) is 12.1 Å². The highest BCUT2D eigenvalue weighted by molar-refractivity contribution is 5.33. The number of hydrogen-bond donors (Lipinski definition) is 2. The molecule has 0 amide bonds. The van der Waals surface area contributed by atoms with E-state index in [2.05, 4.69) is 10.7 Å². The Morgan fingerprint density at radius 1 is 1.42 bits per heavy atom. The minimum atomic E-state index is -1.14. The third-order valence-electron chi connectivity index (χ3n) is 1.40. The van der Waals surface area contributed by atoms with Crippen molar-refractivity contribution >= 4 is 0 Å². The molecule has 0 radical (unpaired) electrons. The first-order valence-electron chi connectivity index (χ1n) is 3.14. The summed E-state index contributed by atoms with van der Waals surface area (Å²) in [6.07, 6.45) is 0. The Morgan fingerprint density at radius 2 is 2.08 bits per heavy atom. The maximum Gasteiger partial charge on any atom is 0.168 e. The Labute approximate surface area is 67.3 Å². The minimum Gasteiger partial charge on any atom is -0.507 e. The Balaban J connectivity index is 3.14. The van der Waals surface area contributed by atoms with E-state index in [1.807, 2.05) is 0 Å². The number of nitrogens with two attached hydrogens (primary N) is 1. The molecule has 1 aromatic carbocycles. The Hall–Kier alpha value is -1.20. The van der Waals surface area contributed by atoms with Gasteiger partial charge in [0.2, 0.25) is 0 Å². The number of hydrogen-bond acceptors (Lipinski definition) is 3. The van der Waals surface area contributed by atoms with Crippen molar-refractivity contribution in [3.63, 3.8) is 0 Å². The number of aromatic hydroxyl groups is 1. The van der Waals surface area contributed by atoms with E-state index in [-0.39, 0.29) is 17.9 Å². The number of phenolic OH excluding ortho intramolecular Hbond substituents is 1. The van der Waals surface area contributed by atoms with Crippen LogP contribution in [0, 0.1) is 11.6 Å². The van der Waals surface area contributed by atoms with E-state index in [4.69, 9.17) is 5.11 Å². The second-order valence-corrected chi connectivity index (χ2v) is 2.17. The predicted octanol–water partition coefficient (Wildman–Crippen LogP) is 1.06. The fraction of sp³-hybridized carbons (Fsp3) is 0.143. The van der Waals surface area contributed by atoms with Crippen molar-refractivity contribution < 1.29 is 18.7 Å².